The van der Waals surface area contributed by atoms with Crippen LogP contribution in [-0.2, 0) is 0 Å². The van der Waals surface area contributed by atoms with Gasteiger partial charge in [-0.05, 0) is 61.8 Å². The minimum Gasteiger partial charge on any atom is -0.494 e. The number of nitrogens with one attached hydrogen (secondary N) is 1. The van der Waals surface area contributed by atoms with Gasteiger partial charge in [-0.15, -0.1) is 0 Å². The fraction of sp³-hybridized carbons (Fsp3) is 0.647. The van der Waals surface area contributed by atoms with Gasteiger partial charge >= 0.3 is 0 Å². The van der Waals surface area contributed by atoms with Crippen LogP contribution in [0.15, 0.2) is 24.3 Å². The summed E-state index contributed by atoms with van der Waals surface area (Å²) < 4.78 is 5.61. The van der Waals surface area contributed by atoms with E-state index in [4.69, 9.17) is 4.74 Å². The number of hydrogen-bond acceptors (Lipinski definition) is 2. The van der Waals surface area contributed by atoms with E-state index in [0.29, 0.717) is 6.04 Å². The summed E-state index contributed by atoms with van der Waals surface area (Å²) in [5.41, 5.74) is 1.22. The molecule has 3 atom stereocenters. The molecule has 2 rings (SSSR count). The van der Waals surface area contributed by atoms with Crippen molar-refractivity contribution < 1.29 is 4.74 Å². The molecule has 0 spiro atoms. The van der Waals surface area contributed by atoms with Crippen LogP contribution in [0.4, 0.5) is 5.69 Å². The van der Waals surface area contributed by atoms with Gasteiger partial charge in [0, 0.05) is 11.7 Å². The molecule has 1 saturated carbocycles. The Morgan fingerprint density at radius 2 is 1.89 bits per heavy atom. The Bertz CT molecular complexity index is 373. The molecule has 0 saturated heterocycles. The minimum atomic E-state index is 0.624. The maximum absolute atomic E-state index is 5.61. The van der Waals surface area contributed by atoms with E-state index in [-0.39, 0.29) is 0 Å². The van der Waals surface area contributed by atoms with E-state index >= 15 is 0 Å². The van der Waals surface area contributed by atoms with Gasteiger partial charge < -0.3 is 10.1 Å². The molecule has 2 nitrogen and oxygen atoms in total. The second-order valence-electron chi connectivity index (χ2n) is 6.02. The zero-order valence-electron chi connectivity index (χ0n) is 12.5. The van der Waals surface area contributed by atoms with Gasteiger partial charge in [0.15, 0.2) is 0 Å². The zero-order valence-corrected chi connectivity index (χ0v) is 12.5. The van der Waals surface area contributed by atoms with Crippen molar-refractivity contribution in [3.63, 3.8) is 0 Å². The van der Waals surface area contributed by atoms with Gasteiger partial charge in [0.2, 0.25) is 0 Å². The molecule has 1 aromatic carbocycles. The van der Waals surface area contributed by atoms with E-state index in [9.17, 15) is 0 Å². The predicted molar refractivity (Wildman–Crippen MR) is 81.8 cm³/mol. The lowest BCUT2D eigenvalue weighted by Crippen LogP contribution is -2.32. The summed E-state index contributed by atoms with van der Waals surface area (Å²) in [7, 11) is 0. The van der Waals surface area contributed by atoms with E-state index < -0.39 is 0 Å². The van der Waals surface area contributed by atoms with Crippen LogP contribution < -0.4 is 10.1 Å². The molecule has 106 valence electrons. The van der Waals surface area contributed by atoms with Crippen molar-refractivity contribution in [1.29, 1.82) is 0 Å². The average molecular weight is 261 g/mol. The van der Waals surface area contributed by atoms with Crippen LogP contribution in [0.3, 0.4) is 0 Å². The lowest BCUT2D eigenvalue weighted by atomic mass is 9.80. The summed E-state index contributed by atoms with van der Waals surface area (Å²) >= 11 is 0. The maximum Gasteiger partial charge on any atom is 0.119 e. The molecule has 0 bridgehead atoms. The minimum absolute atomic E-state index is 0.624. The lowest BCUT2D eigenvalue weighted by Gasteiger charge is -2.33. The van der Waals surface area contributed by atoms with Gasteiger partial charge in [0.1, 0.15) is 5.75 Å². The number of rotatable bonds is 5. The van der Waals surface area contributed by atoms with Gasteiger partial charge in [-0.25, -0.2) is 0 Å². The molecule has 0 aromatic heterocycles. The highest BCUT2D eigenvalue weighted by atomic mass is 16.5. The van der Waals surface area contributed by atoms with E-state index in [1.54, 1.807) is 0 Å². The van der Waals surface area contributed by atoms with Gasteiger partial charge in [-0.2, -0.15) is 0 Å². The zero-order chi connectivity index (χ0) is 13.7. The Morgan fingerprint density at radius 1 is 1.16 bits per heavy atom. The molecule has 0 radical (unpaired) electrons. The van der Waals surface area contributed by atoms with Crippen molar-refractivity contribution >= 4 is 5.69 Å². The van der Waals surface area contributed by atoms with Gasteiger partial charge in [-0.3, -0.25) is 0 Å². The van der Waals surface area contributed by atoms with Crippen molar-refractivity contribution in [2.75, 3.05) is 11.9 Å². The number of anilines is 1. The van der Waals surface area contributed by atoms with Crippen molar-refractivity contribution in [2.24, 2.45) is 11.8 Å². The summed E-state index contributed by atoms with van der Waals surface area (Å²) in [6.07, 6.45) is 5.03. The quantitative estimate of drug-likeness (QED) is 0.828. The predicted octanol–water partition coefficient (Wildman–Crippen LogP) is 4.71. The molecule has 0 heterocycles. The molecule has 19 heavy (non-hydrogen) atoms. The Hall–Kier alpha value is -1.18. The number of hydrogen-bond donors (Lipinski definition) is 1. The summed E-state index contributed by atoms with van der Waals surface area (Å²) in [6, 6.07) is 9.02. The van der Waals surface area contributed by atoms with Crippen LogP contribution in [0.1, 0.15) is 46.5 Å². The number of benzene rings is 1. The molecule has 3 unspecified atom stereocenters. The van der Waals surface area contributed by atoms with Gasteiger partial charge in [-0.1, -0.05) is 20.8 Å². The third-order valence-electron chi connectivity index (χ3n) is 4.11. The Morgan fingerprint density at radius 3 is 2.53 bits per heavy atom. The molecule has 1 aliphatic rings. The second-order valence-corrected chi connectivity index (χ2v) is 6.02. The molecular formula is C17H27NO. The Labute approximate surface area is 117 Å². The molecule has 1 N–H and O–H groups in total. The summed E-state index contributed by atoms with van der Waals surface area (Å²) in [4.78, 5) is 0. The molecule has 1 fully saturated rings. The van der Waals surface area contributed by atoms with E-state index in [1.807, 2.05) is 0 Å². The highest BCUT2D eigenvalue weighted by Crippen LogP contribution is 2.31. The monoisotopic (exact) mass is 261 g/mol. The first-order valence-electron chi connectivity index (χ1n) is 7.68. The van der Waals surface area contributed by atoms with Crippen molar-refractivity contribution in [3.05, 3.63) is 24.3 Å². The third-order valence-corrected chi connectivity index (χ3v) is 4.11. The van der Waals surface area contributed by atoms with Gasteiger partial charge in [0.25, 0.3) is 0 Å². The fourth-order valence-corrected chi connectivity index (χ4v) is 2.96. The molecule has 0 amide bonds. The van der Waals surface area contributed by atoms with E-state index in [0.717, 1.165) is 30.6 Å². The van der Waals surface area contributed by atoms with Crippen LogP contribution in [-0.4, -0.2) is 12.6 Å². The largest absolute Gasteiger partial charge is 0.494 e. The number of ether oxygens (including phenoxy) is 1. The van der Waals surface area contributed by atoms with Crippen molar-refractivity contribution in [1.82, 2.24) is 0 Å². The molecule has 0 aliphatic heterocycles. The van der Waals surface area contributed by atoms with Crippen molar-refractivity contribution in [3.8, 4) is 5.75 Å². The maximum atomic E-state index is 5.61. The van der Waals surface area contributed by atoms with Crippen molar-refractivity contribution in [2.45, 2.75) is 52.5 Å². The average Bonchev–Trinajstić information content (AvgIpc) is 2.41. The smallest absolute Gasteiger partial charge is 0.119 e. The highest BCUT2D eigenvalue weighted by Gasteiger charge is 2.24. The summed E-state index contributed by atoms with van der Waals surface area (Å²) in [5, 5.41) is 3.68. The molecular weight excluding hydrogens is 234 g/mol. The lowest BCUT2D eigenvalue weighted by molar-refractivity contribution is 0.276. The Kier molecular flexibility index (Phi) is 5.12. The van der Waals surface area contributed by atoms with Crippen LogP contribution in [0.2, 0.25) is 0 Å². The summed E-state index contributed by atoms with van der Waals surface area (Å²) in [5.74, 6) is 2.62. The Balaban J connectivity index is 1.88. The first kappa shape index (κ1) is 14.2. The van der Waals surface area contributed by atoms with Crippen LogP contribution in [0.5, 0.6) is 5.75 Å². The van der Waals surface area contributed by atoms with Crippen LogP contribution >= 0.6 is 0 Å². The van der Waals surface area contributed by atoms with E-state index in [2.05, 4.69) is 50.4 Å². The van der Waals surface area contributed by atoms with Gasteiger partial charge in [0.05, 0.1) is 6.61 Å². The molecule has 2 heteroatoms. The second kappa shape index (κ2) is 6.83. The normalized spacial score (nSPS) is 27.0. The molecule has 1 aromatic rings. The SMILES string of the molecule is CCCOc1ccc(NC2CCC(C)CC2C)cc1. The highest BCUT2D eigenvalue weighted by molar-refractivity contribution is 5.47. The first-order chi connectivity index (χ1) is 9.19. The van der Waals surface area contributed by atoms with Crippen LogP contribution in [0.25, 0.3) is 0 Å². The first-order valence-corrected chi connectivity index (χ1v) is 7.68. The van der Waals surface area contributed by atoms with E-state index in [1.165, 1.54) is 24.9 Å². The standard InChI is InChI=1S/C17H27NO/c1-4-11-19-16-8-6-15(7-9-16)18-17-10-5-13(2)12-14(17)3/h6-9,13-14,17-18H,4-5,10-12H2,1-3H3. The topological polar surface area (TPSA) is 21.3 Å². The third kappa shape index (κ3) is 4.15. The summed E-state index contributed by atoms with van der Waals surface area (Å²) in [6.45, 7) is 7.66. The van der Waals surface area contributed by atoms with Crippen LogP contribution in [0, 0.1) is 11.8 Å². The molecule has 1 aliphatic carbocycles. The fourth-order valence-electron chi connectivity index (χ4n) is 2.96.